The summed E-state index contributed by atoms with van der Waals surface area (Å²) in [4.78, 5) is 28.8. The number of hydrogen-bond donors (Lipinski definition) is 1. The van der Waals surface area contributed by atoms with Gasteiger partial charge in [0, 0.05) is 50.4 Å². The van der Waals surface area contributed by atoms with Crippen LogP contribution in [0.5, 0.6) is 17.2 Å². The third-order valence-electron chi connectivity index (χ3n) is 6.04. The lowest BCUT2D eigenvalue weighted by molar-refractivity contribution is -0.116. The van der Waals surface area contributed by atoms with Crippen molar-refractivity contribution in [2.24, 2.45) is 0 Å². The Hall–Kier alpha value is -2.97. The molecule has 2 aliphatic heterocycles. The van der Waals surface area contributed by atoms with Crippen molar-refractivity contribution in [3.63, 3.8) is 0 Å². The molecule has 0 bridgehead atoms. The van der Waals surface area contributed by atoms with Crippen LogP contribution in [-0.4, -0.2) is 69.1 Å². The van der Waals surface area contributed by atoms with Gasteiger partial charge in [-0.25, -0.2) is 0 Å². The first-order valence-electron chi connectivity index (χ1n) is 10.8. The molecule has 2 heterocycles. The zero-order valence-electron chi connectivity index (χ0n) is 19.2. The number of fused-ring (bicyclic) bond motifs is 1. The number of piperazine rings is 1. The van der Waals surface area contributed by atoms with Crippen LogP contribution in [-0.2, 0) is 17.8 Å². The number of nitrogens with one attached hydrogen (secondary N) is 1. The second-order valence-corrected chi connectivity index (χ2v) is 8.02. The van der Waals surface area contributed by atoms with Gasteiger partial charge in [0.2, 0.25) is 11.7 Å². The highest BCUT2D eigenvalue weighted by atomic mass is 35.5. The summed E-state index contributed by atoms with van der Waals surface area (Å²) in [5.41, 5.74) is 3.58. The van der Waals surface area contributed by atoms with Gasteiger partial charge in [-0.1, -0.05) is 0 Å². The number of ether oxygens (including phenoxy) is 3. The van der Waals surface area contributed by atoms with Crippen LogP contribution in [0.2, 0.25) is 0 Å². The maximum atomic E-state index is 13.0. The summed E-state index contributed by atoms with van der Waals surface area (Å²) in [7, 11) is 4.81. The molecule has 4 rings (SSSR count). The Balaban J connectivity index is 0.00000306. The Morgan fingerprint density at radius 2 is 1.61 bits per heavy atom. The number of benzene rings is 2. The van der Waals surface area contributed by atoms with Crippen LogP contribution in [0.4, 0.5) is 5.69 Å². The molecule has 1 N–H and O–H groups in total. The van der Waals surface area contributed by atoms with Gasteiger partial charge < -0.3 is 24.4 Å². The number of amides is 2. The van der Waals surface area contributed by atoms with Crippen LogP contribution < -0.4 is 19.5 Å². The van der Waals surface area contributed by atoms with Crippen LogP contribution in [0.15, 0.2) is 30.3 Å². The maximum Gasteiger partial charge on any atom is 0.253 e. The Bertz CT molecular complexity index is 996. The van der Waals surface area contributed by atoms with Crippen molar-refractivity contribution in [2.75, 3.05) is 52.8 Å². The van der Waals surface area contributed by atoms with E-state index >= 15 is 0 Å². The molecular weight excluding hydrogens is 446 g/mol. The number of halogens is 1. The van der Waals surface area contributed by atoms with E-state index in [1.54, 1.807) is 27.4 Å². The molecule has 9 heteroatoms. The zero-order valence-corrected chi connectivity index (χ0v) is 20.0. The van der Waals surface area contributed by atoms with Gasteiger partial charge in [-0.15, -0.1) is 12.4 Å². The van der Waals surface area contributed by atoms with Crippen molar-refractivity contribution in [1.29, 1.82) is 0 Å². The van der Waals surface area contributed by atoms with Crippen LogP contribution in [0.25, 0.3) is 0 Å². The topological polar surface area (TPSA) is 80.3 Å². The summed E-state index contributed by atoms with van der Waals surface area (Å²) in [5.74, 6) is 1.93. The van der Waals surface area contributed by atoms with Crippen LogP contribution in [0.1, 0.15) is 27.9 Å². The molecule has 0 aromatic heterocycles. The molecule has 33 heavy (non-hydrogen) atoms. The molecule has 8 nitrogen and oxygen atoms in total. The summed E-state index contributed by atoms with van der Waals surface area (Å²) in [6, 6.07) is 9.48. The molecule has 0 radical (unpaired) electrons. The lowest BCUT2D eigenvalue weighted by Crippen LogP contribution is -2.48. The molecule has 1 fully saturated rings. The lowest BCUT2D eigenvalue weighted by Gasteiger charge is -2.35. The SMILES string of the molecule is COc1cc(CN2CCN(C(=O)c3ccc4c(c3)CCC(=O)N4)CC2)cc(OC)c1OC.Cl. The normalized spacial score (nSPS) is 15.7. The van der Waals surface area contributed by atoms with Crippen molar-refractivity contribution < 1.29 is 23.8 Å². The van der Waals surface area contributed by atoms with E-state index in [9.17, 15) is 9.59 Å². The molecule has 1 saturated heterocycles. The Morgan fingerprint density at radius 1 is 0.939 bits per heavy atom. The van der Waals surface area contributed by atoms with Gasteiger partial charge in [-0.3, -0.25) is 14.5 Å². The number of carbonyl (C=O) groups excluding carboxylic acids is 2. The fourth-order valence-corrected chi connectivity index (χ4v) is 4.29. The predicted molar refractivity (Wildman–Crippen MR) is 128 cm³/mol. The van der Waals surface area contributed by atoms with Gasteiger partial charge in [-0.05, 0) is 47.9 Å². The van der Waals surface area contributed by atoms with E-state index in [0.717, 1.165) is 36.4 Å². The monoisotopic (exact) mass is 475 g/mol. The Kier molecular flexibility index (Phi) is 8.05. The van der Waals surface area contributed by atoms with E-state index in [-0.39, 0.29) is 24.2 Å². The number of nitrogens with zero attached hydrogens (tertiary/aromatic N) is 2. The molecular formula is C24H30ClN3O5. The van der Waals surface area contributed by atoms with Crippen molar-refractivity contribution in [3.05, 3.63) is 47.0 Å². The minimum atomic E-state index is 0. The molecule has 2 aromatic carbocycles. The molecule has 178 valence electrons. The third-order valence-corrected chi connectivity index (χ3v) is 6.04. The predicted octanol–water partition coefficient (Wildman–Crippen LogP) is 2.98. The van der Waals surface area contributed by atoms with E-state index in [4.69, 9.17) is 14.2 Å². The summed E-state index contributed by atoms with van der Waals surface area (Å²) >= 11 is 0. The van der Waals surface area contributed by atoms with Crippen molar-refractivity contribution in [2.45, 2.75) is 19.4 Å². The van der Waals surface area contributed by atoms with E-state index in [1.807, 2.05) is 29.2 Å². The van der Waals surface area contributed by atoms with Gasteiger partial charge in [0.25, 0.3) is 5.91 Å². The highest BCUT2D eigenvalue weighted by molar-refractivity contribution is 5.98. The van der Waals surface area contributed by atoms with E-state index in [1.165, 1.54) is 0 Å². The highest BCUT2D eigenvalue weighted by Gasteiger charge is 2.24. The van der Waals surface area contributed by atoms with Gasteiger partial charge in [-0.2, -0.15) is 0 Å². The summed E-state index contributed by atoms with van der Waals surface area (Å²) in [5, 5.41) is 2.86. The van der Waals surface area contributed by atoms with Gasteiger partial charge in [0.15, 0.2) is 11.5 Å². The van der Waals surface area contributed by atoms with Crippen LogP contribution >= 0.6 is 12.4 Å². The zero-order chi connectivity index (χ0) is 22.7. The quantitative estimate of drug-likeness (QED) is 0.692. The number of rotatable bonds is 6. The fraction of sp³-hybridized carbons (Fsp3) is 0.417. The molecule has 0 atom stereocenters. The number of methoxy groups -OCH3 is 3. The molecule has 2 aliphatic rings. The molecule has 0 spiro atoms. The highest BCUT2D eigenvalue weighted by Crippen LogP contribution is 2.38. The molecule has 0 unspecified atom stereocenters. The molecule has 2 aromatic rings. The minimum Gasteiger partial charge on any atom is -0.493 e. The first-order chi connectivity index (χ1) is 15.5. The number of aryl methyl sites for hydroxylation is 1. The average molecular weight is 476 g/mol. The summed E-state index contributed by atoms with van der Waals surface area (Å²) in [6.45, 7) is 3.62. The van der Waals surface area contributed by atoms with Crippen LogP contribution in [0.3, 0.4) is 0 Å². The standard InChI is InChI=1S/C24H29N3O5.ClH/c1-30-20-12-16(13-21(31-2)23(20)32-3)15-26-8-10-27(11-9-26)24(29)18-4-6-19-17(14-18)5-7-22(28)25-19;/h4,6,12-14H,5,7-11,15H2,1-3H3,(H,25,28);1H. The van der Waals surface area contributed by atoms with Crippen molar-refractivity contribution in [1.82, 2.24) is 9.80 Å². The molecule has 0 saturated carbocycles. The first-order valence-corrected chi connectivity index (χ1v) is 10.8. The lowest BCUT2D eigenvalue weighted by atomic mass is 10.00. The number of anilines is 1. The van der Waals surface area contributed by atoms with Crippen molar-refractivity contribution >= 4 is 29.9 Å². The Labute approximate surface area is 200 Å². The third kappa shape index (κ3) is 5.34. The smallest absolute Gasteiger partial charge is 0.253 e. The molecule has 2 amide bonds. The van der Waals surface area contributed by atoms with Gasteiger partial charge >= 0.3 is 0 Å². The Morgan fingerprint density at radius 3 is 2.21 bits per heavy atom. The van der Waals surface area contributed by atoms with E-state index in [0.29, 0.717) is 48.7 Å². The second kappa shape index (κ2) is 10.8. The van der Waals surface area contributed by atoms with Crippen molar-refractivity contribution in [3.8, 4) is 17.2 Å². The maximum absolute atomic E-state index is 13.0. The second-order valence-electron chi connectivity index (χ2n) is 8.02. The summed E-state index contributed by atoms with van der Waals surface area (Å²) in [6.07, 6.45) is 1.13. The number of carbonyl (C=O) groups is 2. The fourth-order valence-electron chi connectivity index (χ4n) is 4.29. The first kappa shape index (κ1) is 24.7. The van der Waals surface area contributed by atoms with E-state index < -0.39 is 0 Å². The molecule has 0 aliphatic carbocycles. The average Bonchev–Trinajstić information content (AvgIpc) is 2.83. The number of hydrogen-bond acceptors (Lipinski definition) is 6. The van der Waals surface area contributed by atoms with Crippen LogP contribution in [0, 0.1) is 0 Å². The van der Waals surface area contributed by atoms with Gasteiger partial charge in [0.05, 0.1) is 21.3 Å². The minimum absolute atomic E-state index is 0. The van der Waals surface area contributed by atoms with E-state index in [2.05, 4.69) is 10.2 Å². The van der Waals surface area contributed by atoms with Gasteiger partial charge in [0.1, 0.15) is 0 Å². The summed E-state index contributed by atoms with van der Waals surface area (Å²) < 4.78 is 16.3. The largest absolute Gasteiger partial charge is 0.493 e.